The minimum absolute atomic E-state index is 0.000579. The number of halogens is 9. The van der Waals surface area contributed by atoms with Gasteiger partial charge in [-0.25, -0.2) is 22.4 Å². The molecule has 0 radical (unpaired) electrons. The van der Waals surface area contributed by atoms with Crippen LogP contribution in [0, 0.1) is 23.3 Å². The number of nitrogens with zero attached hydrogens (tertiary/aromatic N) is 6. The first-order chi connectivity index (χ1) is 55.6. The molecule has 0 fully saturated rings. The molecule has 9 heterocycles. The predicted molar refractivity (Wildman–Crippen MR) is 429 cm³/mol. The number of carbonyl (C=O) groups excluding carboxylic acids is 6. The van der Waals surface area contributed by atoms with Crippen molar-refractivity contribution in [2.75, 3.05) is 39.3 Å². The van der Waals surface area contributed by atoms with Gasteiger partial charge in [0.2, 0.25) is 16.3 Å². The van der Waals surface area contributed by atoms with Crippen molar-refractivity contribution in [1.29, 1.82) is 0 Å². The van der Waals surface area contributed by atoms with E-state index in [2.05, 4.69) is 34.2 Å². The minimum Gasteiger partial charge on any atom is -0.503 e. The molecule has 610 valence electrons. The number of carboxylic acids is 1. The third kappa shape index (κ3) is 20.7. The number of ether oxygens (including phenoxy) is 2. The zero-order valence-electron chi connectivity index (χ0n) is 62.3. The highest BCUT2D eigenvalue weighted by Crippen LogP contribution is 2.35. The number of carboxylic acid groups (broad SMARTS) is 1. The summed E-state index contributed by atoms with van der Waals surface area (Å²) in [6.07, 6.45) is 34.9. The number of allylic oxidation sites excluding steroid dienone is 2. The zero-order valence-corrected chi connectivity index (χ0v) is 66.1. The van der Waals surface area contributed by atoms with Gasteiger partial charge in [0, 0.05) is 94.2 Å². The van der Waals surface area contributed by atoms with Crippen LogP contribution in [0.3, 0.4) is 0 Å². The van der Waals surface area contributed by atoms with E-state index >= 15 is 0 Å². The summed E-state index contributed by atoms with van der Waals surface area (Å²) in [6, 6.07) is 22.0. The SMILES string of the molecule is N[C@H]1C=CCCCC1.O=C(NCc1ccc(F)c(Cl)c1F)c1cn2c(c(O)c1=O)C(=O)N1CCC=C[C@H]2C1.O=C(NCc1ccc(F)c(Cl)c1F)c1cn2c(c(OCc3ccccc3)c1=O)C(=O)N1CCC=C[C@H]2C1.O=C(N[C@H]1C=CCCCC1)C(Cl)(Cl)Cl.O=C(O)c1cn2c(c(OCc3ccccc3)c1=O)C(=O)N1CCC=C[C@H]2C1. The van der Waals surface area contributed by atoms with Gasteiger partial charge in [0.15, 0.2) is 34.3 Å². The van der Waals surface area contributed by atoms with Crippen LogP contribution in [0.1, 0.15) is 174 Å². The Morgan fingerprint density at radius 1 is 0.500 bits per heavy atom. The van der Waals surface area contributed by atoms with Crippen molar-refractivity contribution in [2.24, 2.45) is 5.73 Å². The van der Waals surface area contributed by atoms with Crippen LogP contribution in [0.2, 0.25) is 10.0 Å². The molecule has 6 amide bonds. The minimum atomic E-state index is -1.86. The Bertz CT molecular complexity index is 5250. The van der Waals surface area contributed by atoms with Crippen molar-refractivity contribution < 1.29 is 70.8 Å². The fourth-order valence-electron chi connectivity index (χ4n) is 13.9. The van der Waals surface area contributed by atoms with Crippen LogP contribution in [0.5, 0.6) is 17.2 Å². The number of fused-ring (bicyclic) bond motifs is 12. The summed E-state index contributed by atoms with van der Waals surface area (Å²) in [6.45, 7) is 2.11. The number of rotatable bonds is 14. The van der Waals surface area contributed by atoms with Crippen LogP contribution >= 0.6 is 58.0 Å². The van der Waals surface area contributed by atoms with Gasteiger partial charge < -0.3 is 69.8 Å². The van der Waals surface area contributed by atoms with E-state index in [1.54, 1.807) is 23.8 Å². The number of alkyl halides is 3. The van der Waals surface area contributed by atoms with Crippen LogP contribution in [0.25, 0.3) is 0 Å². The fourth-order valence-corrected chi connectivity index (χ4v) is 14.4. The van der Waals surface area contributed by atoms with E-state index in [1.165, 1.54) is 48.8 Å². The maximum atomic E-state index is 14.3. The number of aromatic hydroxyl groups is 1. The maximum Gasteiger partial charge on any atom is 0.341 e. The van der Waals surface area contributed by atoms with Crippen molar-refractivity contribution in [2.45, 2.75) is 131 Å². The average Bonchev–Trinajstić information content (AvgIpc) is 1.22. The molecule has 0 unspecified atom stereocenters. The van der Waals surface area contributed by atoms with Gasteiger partial charge in [-0.05, 0) is 81.0 Å². The average molecular weight is 1700 g/mol. The molecule has 3 aromatic heterocycles. The molecule has 2 aliphatic carbocycles. The highest BCUT2D eigenvalue weighted by molar-refractivity contribution is 6.76. The smallest absolute Gasteiger partial charge is 0.341 e. The van der Waals surface area contributed by atoms with Crippen molar-refractivity contribution in [3.63, 3.8) is 0 Å². The molecule has 15 rings (SSSR count). The van der Waals surface area contributed by atoms with Gasteiger partial charge in [-0.3, -0.25) is 43.2 Å². The molecule has 0 saturated heterocycles. The topological polar surface area (TPSA) is 316 Å². The molecule has 0 spiro atoms. The summed E-state index contributed by atoms with van der Waals surface area (Å²) in [5.41, 5.74) is 3.54. The molecule has 6 bridgehead atoms. The van der Waals surface area contributed by atoms with Gasteiger partial charge in [0.05, 0.1) is 18.1 Å². The Morgan fingerprint density at radius 2 is 0.897 bits per heavy atom. The van der Waals surface area contributed by atoms with E-state index in [0.717, 1.165) is 61.1 Å². The number of carbonyl (C=O) groups is 7. The molecule has 116 heavy (non-hydrogen) atoms. The Hall–Kier alpha value is -10.8. The molecule has 24 nitrogen and oxygen atoms in total. The first-order valence-electron chi connectivity index (χ1n) is 37.4. The molecule has 7 aromatic rings. The first kappa shape index (κ1) is 86.1. The Labute approximate surface area is 688 Å². The quantitative estimate of drug-likeness (QED) is 0.0255. The lowest BCUT2D eigenvalue weighted by Crippen LogP contribution is -2.44. The Kier molecular flexibility index (Phi) is 29.1. The maximum absolute atomic E-state index is 14.3. The second kappa shape index (κ2) is 39.3. The number of nitrogens with two attached hydrogens (primary N) is 1. The fraction of sp³-hybridized carbons (Fsp3) is 0.325. The standard InChI is InChI=1S/C27H22ClF2N3O4.C20H16ClF2N3O4.C20H18N2O5.C9H12Cl3NO.C7H13N/c28-21-20(29)10-9-17(22(21)30)12-31-26(35)19-14-33-18-8-4-5-11-32(13-18)27(36)23(33)25(24(19)34)37-15-16-6-2-1-3-7-16;21-14-13(22)5-4-10(15(14)23)7-24-19(29)12-9-26-11-3-1-2-6-25(8-11)20(30)16(26)18(28)17(12)27;23-17-15(20(25)26)11-22-14-8-4-5-9-21(10-14)19(24)16(22)18(17)27-12-13-6-2-1-3-7-13;10-9(11,12)8(14)13-7-5-3-1-2-4-6-7;8-7-5-3-1-2-4-6-7/h1-4,6-10,14,18H,5,11-13,15H2,(H,31,35);1,3-5,9,11,28H,2,6-8H2,(H,24,29);1-4,6-8,11,14H,5,9-10,12H2,(H,25,26);3,5,7H,1-2,4,6H2,(H,13,14);3,5,7H,1-2,4,6,8H2/t18-;11-;14-;2*7-/m00000/s1. The summed E-state index contributed by atoms with van der Waals surface area (Å²) < 4.78 is 69.4. The van der Waals surface area contributed by atoms with Crippen LogP contribution in [-0.4, -0.2) is 135 Å². The summed E-state index contributed by atoms with van der Waals surface area (Å²) in [5, 5.41) is 26.0. The van der Waals surface area contributed by atoms with Crippen LogP contribution in [0.15, 0.2) is 179 Å². The summed E-state index contributed by atoms with van der Waals surface area (Å²) in [5.74, 6) is -9.82. The van der Waals surface area contributed by atoms with Gasteiger partial charge >= 0.3 is 5.97 Å². The Balaban J connectivity index is 0.000000152. The van der Waals surface area contributed by atoms with Crippen LogP contribution in [0.4, 0.5) is 17.6 Å². The number of hydrogen-bond donors (Lipinski definition) is 6. The molecule has 7 N–H and O–H groups in total. The molecular formula is C83H81Cl5F4N10O14. The van der Waals surface area contributed by atoms with Gasteiger partial charge in [-0.1, -0.05) is 204 Å². The second-order valence-corrected chi connectivity index (χ2v) is 31.1. The lowest BCUT2D eigenvalue weighted by atomic mass is 10.1. The summed E-state index contributed by atoms with van der Waals surface area (Å²) in [7, 11) is 0. The highest BCUT2D eigenvalue weighted by Gasteiger charge is 2.40. The molecule has 0 saturated carbocycles. The van der Waals surface area contributed by atoms with Crippen molar-refractivity contribution in [1.82, 2.24) is 44.4 Å². The van der Waals surface area contributed by atoms with Crippen LogP contribution < -0.4 is 47.4 Å². The molecular weight excluding hydrogens is 1610 g/mol. The van der Waals surface area contributed by atoms with Gasteiger partial charge in [0.1, 0.15) is 63.2 Å². The second-order valence-electron chi connectivity index (χ2n) is 28.1. The van der Waals surface area contributed by atoms with Crippen LogP contribution in [-0.2, 0) is 31.1 Å². The summed E-state index contributed by atoms with van der Waals surface area (Å²) >= 11 is 27.5. The van der Waals surface area contributed by atoms with Crippen molar-refractivity contribution in [3.05, 3.63) is 284 Å². The molecule has 8 aliphatic rings. The number of hydrogen-bond acceptors (Lipinski definition) is 14. The monoisotopic (exact) mass is 1690 g/mol. The van der Waals surface area contributed by atoms with E-state index in [4.69, 9.17) is 73.2 Å². The van der Waals surface area contributed by atoms with Gasteiger partial charge in [0.25, 0.3) is 39.2 Å². The number of aromatic carboxylic acids is 1. The molecule has 6 aliphatic heterocycles. The summed E-state index contributed by atoms with van der Waals surface area (Å²) in [4.78, 5) is 131. The number of amides is 6. The van der Waals surface area contributed by atoms with E-state index in [0.29, 0.717) is 64.6 Å². The Morgan fingerprint density at radius 3 is 1.34 bits per heavy atom. The number of benzene rings is 4. The highest BCUT2D eigenvalue weighted by atomic mass is 35.6. The van der Waals surface area contributed by atoms with Gasteiger partial charge in [-0.2, -0.15) is 0 Å². The number of pyridine rings is 3. The lowest BCUT2D eigenvalue weighted by Gasteiger charge is -2.34. The first-order valence-corrected chi connectivity index (χ1v) is 39.3. The predicted octanol–water partition coefficient (Wildman–Crippen LogP) is 13.1. The van der Waals surface area contributed by atoms with E-state index in [9.17, 15) is 75.7 Å². The van der Waals surface area contributed by atoms with E-state index in [-0.39, 0.29) is 108 Å². The molecule has 4 aromatic carbocycles. The molecule has 5 atom stereocenters. The number of nitrogens with one attached hydrogen (secondary N) is 3. The molecule has 33 heteroatoms. The van der Waals surface area contributed by atoms with Crippen molar-refractivity contribution >= 4 is 99.4 Å². The third-order valence-electron chi connectivity index (χ3n) is 20.0. The van der Waals surface area contributed by atoms with E-state index in [1.807, 2.05) is 103 Å². The zero-order chi connectivity index (χ0) is 83.1. The lowest BCUT2D eigenvalue weighted by molar-refractivity contribution is -0.120. The normalized spacial score (nSPS) is 18.7. The third-order valence-corrected chi connectivity index (χ3v) is 21.2. The van der Waals surface area contributed by atoms with E-state index < -0.39 is 99.9 Å². The number of aromatic nitrogens is 3. The van der Waals surface area contributed by atoms with Gasteiger partial charge in [-0.15, -0.1) is 0 Å². The largest absolute Gasteiger partial charge is 0.503 e. The van der Waals surface area contributed by atoms with Crippen molar-refractivity contribution in [3.8, 4) is 17.2 Å².